The molecule has 1 N–H and O–H groups in total. The SMILES string of the molecule is C#CCC(C)NC1CCN2CCCC2C1. The Morgan fingerprint density at radius 1 is 1.47 bits per heavy atom. The van der Waals surface area contributed by atoms with E-state index >= 15 is 0 Å². The van der Waals surface area contributed by atoms with E-state index < -0.39 is 0 Å². The molecule has 2 rings (SSSR count). The first-order valence-corrected chi connectivity index (χ1v) is 6.23. The van der Waals surface area contributed by atoms with Gasteiger partial charge in [-0.25, -0.2) is 0 Å². The second-order valence-electron chi connectivity index (χ2n) is 5.03. The van der Waals surface area contributed by atoms with Gasteiger partial charge in [0.2, 0.25) is 0 Å². The summed E-state index contributed by atoms with van der Waals surface area (Å²) < 4.78 is 0. The minimum atomic E-state index is 0.480. The highest BCUT2D eigenvalue weighted by atomic mass is 15.2. The molecule has 0 aromatic rings. The molecule has 2 saturated heterocycles. The van der Waals surface area contributed by atoms with Gasteiger partial charge in [-0.1, -0.05) is 0 Å². The monoisotopic (exact) mass is 206 g/mol. The van der Waals surface area contributed by atoms with Crippen LogP contribution in [0.5, 0.6) is 0 Å². The Bertz CT molecular complexity index is 243. The van der Waals surface area contributed by atoms with Crippen molar-refractivity contribution in [1.29, 1.82) is 0 Å². The van der Waals surface area contributed by atoms with Gasteiger partial charge in [-0.2, -0.15) is 0 Å². The Labute approximate surface area is 93.4 Å². The summed E-state index contributed by atoms with van der Waals surface area (Å²) >= 11 is 0. The van der Waals surface area contributed by atoms with Gasteiger partial charge in [0.15, 0.2) is 0 Å². The number of piperidine rings is 1. The Morgan fingerprint density at radius 2 is 2.33 bits per heavy atom. The highest BCUT2D eigenvalue weighted by Gasteiger charge is 2.31. The summed E-state index contributed by atoms with van der Waals surface area (Å²) in [4.78, 5) is 2.66. The van der Waals surface area contributed by atoms with Gasteiger partial charge in [-0.05, 0) is 45.7 Å². The molecule has 2 heterocycles. The van der Waals surface area contributed by atoms with Crippen LogP contribution < -0.4 is 5.32 Å². The zero-order chi connectivity index (χ0) is 10.7. The summed E-state index contributed by atoms with van der Waals surface area (Å²) in [7, 11) is 0. The molecule has 2 fully saturated rings. The molecule has 0 aliphatic carbocycles. The third kappa shape index (κ3) is 2.74. The van der Waals surface area contributed by atoms with E-state index in [9.17, 15) is 0 Å². The van der Waals surface area contributed by atoms with E-state index in [1.54, 1.807) is 0 Å². The van der Waals surface area contributed by atoms with Crippen molar-refractivity contribution in [2.24, 2.45) is 0 Å². The van der Waals surface area contributed by atoms with E-state index in [1.165, 1.54) is 38.8 Å². The number of nitrogens with zero attached hydrogens (tertiary/aromatic N) is 1. The second kappa shape index (κ2) is 5.01. The largest absolute Gasteiger partial charge is 0.310 e. The standard InChI is InChI=1S/C13H22N2/c1-3-5-11(2)14-12-7-9-15-8-4-6-13(15)10-12/h1,11-14H,4-10H2,2H3. The number of terminal acetylenes is 1. The Morgan fingerprint density at radius 3 is 3.13 bits per heavy atom. The van der Waals surface area contributed by atoms with Crippen molar-refractivity contribution in [3.63, 3.8) is 0 Å². The van der Waals surface area contributed by atoms with Crippen LogP contribution in [0.1, 0.15) is 39.0 Å². The van der Waals surface area contributed by atoms with E-state index in [0.29, 0.717) is 12.1 Å². The van der Waals surface area contributed by atoms with E-state index in [1.807, 2.05) is 0 Å². The summed E-state index contributed by atoms with van der Waals surface area (Å²) in [5.41, 5.74) is 0. The first kappa shape index (κ1) is 11.0. The number of hydrogen-bond donors (Lipinski definition) is 1. The maximum atomic E-state index is 5.32. The molecule has 2 aliphatic rings. The molecule has 0 aromatic carbocycles. The van der Waals surface area contributed by atoms with Gasteiger partial charge >= 0.3 is 0 Å². The van der Waals surface area contributed by atoms with Crippen LogP contribution in [-0.4, -0.2) is 36.1 Å². The van der Waals surface area contributed by atoms with Crippen LogP contribution >= 0.6 is 0 Å². The van der Waals surface area contributed by atoms with Crippen LogP contribution in [0.25, 0.3) is 0 Å². The quantitative estimate of drug-likeness (QED) is 0.706. The third-order valence-corrected chi connectivity index (χ3v) is 3.76. The van der Waals surface area contributed by atoms with E-state index in [2.05, 4.69) is 23.1 Å². The molecule has 84 valence electrons. The molecule has 3 atom stereocenters. The van der Waals surface area contributed by atoms with Gasteiger partial charge in [0.25, 0.3) is 0 Å². The van der Waals surface area contributed by atoms with E-state index in [0.717, 1.165) is 12.5 Å². The summed E-state index contributed by atoms with van der Waals surface area (Å²) in [5.74, 6) is 2.73. The van der Waals surface area contributed by atoms with Crippen molar-refractivity contribution in [3.8, 4) is 12.3 Å². The molecule has 0 bridgehead atoms. The molecule has 0 radical (unpaired) electrons. The number of nitrogens with one attached hydrogen (secondary N) is 1. The van der Waals surface area contributed by atoms with Crippen LogP contribution in [0.15, 0.2) is 0 Å². The predicted molar refractivity (Wildman–Crippen MR) is 63.7 cm³/mol. The van der Waals surface area contributed by atoms with Crippen molar-refractivity contribution in [2.45, 2.75) is 57.2 Å². The fourth-order valence-corrected chi connectivity index (χ4v) is 3.01. The van der Waals surface area contributed by atoms with Gasteiger partial charge < -0.3 is 10.2 Å². The molecular weight excluding hydrogens is 184 g/mol. The van der Waals surface area contributed by atoms with Crippen molar-refractivity contribution >= 4 is 0 Å². The van der Waals surface area contributed by atoms with Crippen molar-refractivity contribution in [2.75, 3.05) is 13.1 Å². The molecule has 0 spiro atoms. The average molecular weight is 206 g/mol. The van der Waals surface area contributed by atoms with E-state index in [-0.39, 0.29) is 0 Å². The van der Waals surface area contributed by atoms with Crippen molar-refractivity contribution in [3.05, 3.63) is 0 Å². The minimum Gasteiger partial charge on any atom is -0.310 e. The Balaban J connectivity index is 1.78. The van der Waals surface area contributed by atoms with Gasteiger partial charge in [0, 0.05) is 24.5 Å². The van der Waals surface area contributed by atoms with Crippen LogP contribution in [0.3, 0.4) is 0 Å². The van der Waals surface area contributed by atoms with Crippen LogP contribution in [0.2, 0.25) is 0 Å². The molecule has 0 amide bonds. The fourth-order valence-electron chi connectivity index (χ4n) is 3.01. The smallest absolute Gasteiger partial charge is 0.0238 e. The number of hydrogen-bond acceptors (Lipinski definition) is 2. The van der Waals surface area contributed by atoms with Crippen LogP contribution in [0, 0.1) is 12.3 Å². The molecule has 2 nitrogen and oxygen atoms in total. The topological polar surface area (TPSA) is 15.3 Å². The van der Waals surface area contributed by atoms with Crippen molar-refractivity contribution in [1.82, 2.24) is 10.2 Å². The van der Waals surface area contributed by atoms with Gasteiger partial charge in [-0.3, -0.25) is 0 Å². The van der Waals surface area contributed by atoms with Crippen LogP contribution in [0.4, 0.5) is 0 Å². The average Bonchev–Trinajstić information content (AvgIpc) is 2.65. The lowest BCUT2D eigenvalue weighted by Crippen LogP contribution is -2.47. The zero-order valence-corrected chi connectivity index (χ0v) is 9.71. The summed E-state index contributed by atoms with van der Waals surface area (Å²) in [6.07, 6.45) is 11.6. The molecule has 0 saturated carbocycles. The Kier molecular flexibility index (Phi) is 3.66. The first-order valence-electron chi connectivity index (χ1n) is 6.23. The first-order chi connectivity index (χ1) is 7.29. The van der Waals surface area contributed by atoms with E-state index in [4.69, 9.17) is 6.42 Å². The maximum Gasteiger partial charge on any atom is 0.0238 e. The maximum absolute atomic E-state index is 5.32. The second-order valence-corrected chi connectivity index (χ2v) is 5.03. The highest BCUT2D eigenvalue weighted by molar-refractivity contribution is 4.93. The fraction of sp³-hybridized carbons (Fsp3) is 0.846. The lowest BCUT2D eigenvalue weighted by Gasteiger charge is -2.36. The van der Waals surface area contributed by atoms with Crippen molar-refractivity contribution < 1.29 is 0 Å². The van der Waals surface area contributed by atoms with Gasteiger partial charge in [0.05, 0.1) is 0 Å². The van der Waals surface area contributed by atoms with Gasteiger partial charge in [0.1, 0.15) is 0 Å². The normalized spacial score (nSPS) is 33.3. The molecular formula is C13H22N2. The number of fused-ring (bicyclic) bond motifs is 1. The molecule has 3 unspecified atom stereocenters. The lowest BCUT2D eigenvalue weighted by atomic mass is 9.97. The molecule has 0 aromatic heterocycles. The predicted octanol–water partition coefficient (Wildman–Crippen LogP) is 1.61. The third-order valence-electron chi connectivity index (χ3n) is 3.76. The molecule has 2 heteroatoms. The molecule has 15 heavy (non-hydrogen) atoms. The Hall–Kier alpha value is -0.520. The lowest BCUT2D eigenvalue weighted by molar-refractivity contribution is 0.162. The van der Waals surface area contributed by atoms with Gasteiger partial charge in [-0.15, -0.1) is 12.3 Å². The summed E-state index contributed by atoms with van der Waals surface area (Å²) in [5, 5.41) is 3.66. The van der Waals surface area contributed by atoms with Crippen LogP contribution in [-0.2, 0) is 0 Å². The summed E-state index contributed by atoms with van der Waals surface area (Å²) in [6.45, 7) is 4.81. The highest BCUT2D eigenvalue weighted by Crippen LogP contribution is 2.26. The zero-order valence-electron chi connectivity index (χ0n) is 9.71. The molecule has 2 aliphatic heterocycles. The minimum absolute atomic E-state index is 0.480. The number of rotatable bonds is 3. The summed E-state index contributed by atoms with van der Waals surface area (Å²) in [6, 6.07) is 2.04.